The van der Waals surface area contributed by atoms with E-state index in [9.17, 15) is 9.59 Å². The van der Waals surface area contributed by atoms with Gasteiger partial charge in [0, 0.05) is 17.0 Å². The number of methoxy groups -OCH3 is 2. The number of amides is 1. The lowest BCUT2D eigenvalue weighted by molar-refractivity contribution is -0.111. The van der Waals surface area contributed by atoms with Gasteiger partial charge in [0.15, 0.2) is 11.5 Å². The zero-order chi connectivity index (χ0) is 25.4. The maximum absolute atomic E-state index is 12.8. The van der Waals surface area contributed by atoms with Crippen LogP contribution in [0.1, 0.15) is 29.8 Å². The minimum Gasteiger partial charge on any atom is -0.494 e. The van der Waals surface area contributed by atoms with Gasteiger partial charge in [-0.25, -0.2) is 4.79 Å². The Balaban J connectivity index is 1.86. The zero-order valence-electron chi connectivity index (χ0n) is 19.8. The first-order chi connectivity index (χ1) is 16.9. The van der Waals surface area contributed by atoms with Gasteiger partial charge in [0.2, 0.25) is 5.91 Å². The highest BCUT2D eigenvalue weighted by molar-refractivity contribution is 9.10. The predicted octanol–water partition coefficient (Wildman–Crippen LogP) is 6.42. The average molecular weight is 560 g/mol. The van der Waals surface area contributed by atoms with Gasteiger partial charge in [-0.3, -0.25) is 4.79 Å². The molecular formula is C26H26BrNO6S. The molecule has 0 bridgehead atoms. The summed E-state index contributed by atoms with van der Waals surface area (Å²) in [4.78, 5) is 25.5. The third-order valence-corrected chi connectivity index (χ3v) is 6.35. The maximum atomic E-state index is 12.8. The molecule has 2 aromatic carbocycles. The summed E-state index contributed by atoms with van der Waals surface area (Å²) in [7, 11) is 3.09. The van der Waals surface area contributed by atoms with Gasteiger partial charge in [-0.15, -0.1) is 11.3 Å². The lowest BCUT2D eigenvalue weighted by Crippen LogP contribution is -2.12. The molecule has 184 valence electrons. The van der Waals surface area contributed by atoms with Crippen LogP contribution in [0.3, 0.4) is 0 Å². The number of nitrogens with one attached hydrogen (secondary N) is 1. The van der Waals surface area contributed by atoms with E-state index in [0.717, 1.165) is 16.9 Å². The van der Waals surface area contributed by atoms with Crippen molar-refractivity contribution in [1.82, 2.24) is 0 Å². The molecule has 0 radical (unpaired) electrons. The van der Waals surface area contributed by atoms with Crippen LogP contribution in [-0.2, 0) is 9.53 Å². The highest BCUT2D eigenvalue weighted by Crippen LogP contribution is 2.38. The van der Waals surface area contributed by atoms with Crippen LogP contribution in [0.25, 0.3) is 17.2 Å². The molecule has 3 rings (SSSR count). The van der Waals surface area contributed by atoms with Crippen LogP contribution in [0.5, 0.6) is 17.2 Å². The second-order valence-corrected chi connectivity index (χ2v) is 8.83. The molecule has 0 aliphatic carbocycles. The Labute approximate surface area is 216 Å². The molecule has 1 N–H and O–H groups in total. The number of esters is 1. The average Bonchev–Trinajstić information content (AvgIpc) is 3.26. The first-order valence-corrected chi connectivity index (χ1v) is 12.5. The molecule has 0 unspecified atom stereocenters. The number of ether oxygens (including phenoxy) is 4. The largest absolute Gasteiger partial charge is 0.494 e. The topological polar surface area (TPSA) is 83.1 Å². The van der Waals surface area contributed by atoms with Gasteiger partial charge in [-0.2, -0.15) is 0 Å². The van der Waals surface area contributed by atoms with E-state index in [1.165, 1.54) is 17.4 Å². The molecule has 0 aliphatic rings. The Morgan fingerprint density at radius 2 is 1.80 bits per heavy atom. The Bertz CT molecular complexity index is 1220. The monoisotopic (exact) mass is 559 g/mol. The first-order valence-electron chi connectivity index (χ1n) is 10.8. The van der Waals surface area contributed by atoms with Gasteiger partial charge in [-0.05, 0) is 71.2 Å². The highest BCUT2D eigenvalue weighted by atomic mass is 79.9. The number of benzene rings is 2. The smallest absolute Gasteiger partial charge is 0.341 e. The molecule has 0 aliphatic heterocycles. The molecule has 1 amide bonds. The zero-order valence-corrected chi connectivity index (χ0v) is 22.2. The normalized spacial score (nSPS) is 10.8. The van der Waals surface area contributed by atoms with E-state index < -0.39 is 5.97 Å². The Hall–Kier alpha value is -3.30. The molecule has 0 atom stereocenters. The predicted molar refractivity (Wildman–Crippen MR) is 142 cm³/mol. The summed E-state index contributed by atoms with van der Waals surface area (Å²) in [5.41, 5.74) is 2.55. The van der Waals surface area contributed by atoms with Crippen molar-refractivity contribution in [3.8, 4) is 28.4 Å². The van der Waals surface area contributed by atoms with Crippen LogP contribution >= 0.6 is 27.3 Å². The standard InChI is InChI=1S/C26H26BrNO6S/c1-5-33-18-10-8-17(9-11-18)19-15-35-25(23(19)26(30)34-6-2)28-22(29)12-7-16-13-20(27)24(32-4)21(14-16)31-3/h7-15H,5-6H2,1-4H3,(H,28,29)/b12-7+. The number of carbonyl (C=O) groups is 2. The molecule has 0 fully saturated rings. The number of rotatable bonds is 10. The van der Waals surface area contributed by atoms with Crippen molar-refractivity contribution in [3.05, 3.63) is 63.5 Å². The van der Waals surface area contributed by atoms with E-state index in [4.69, 9.17) is 18.9 Å². The van der Waals surface area contributed by atoms with Crippen molar-refractivity contribution >= 4 is 50.2 Å². The van der Waals surface area contributed by atoms with Crippen LogP contribution < -0.4 is 19.5 Å². The minimum atomic E-state index is -0.499. The molecule has 1 aromatic heterocycles. The van der Waals surface area contributed by atoms with Gasteiger partial charge < -0.3 is 24.3 Å². The van der Waals surface area contributed by atoms with Crippen molar-refractivity contribution in [3.63, 3.8) is 0 Å². The number of halogens is 1. The van der Waals surface area contributed by atoms with E-state index in [2.05, 4.69) is 21.2 Å². The number of hydrogen-bond donors (Lipinski definition) is 1. The van der Waals surface area contributed by atoms with Crippen LogP contribution in [0.4, 0.5) is 5.00 Å². The molecule has 0 spiro atoms. The van der Waals surface area contributed by atoms with Crippen molar-refractivity contribution in [2.45, 2.75) is 13.8 Å². The maximum Gasteiger partial charge on any atom is 0.341 e. The fraction of sp³-hybridized carbons (Fsp3) is 0.231. The number of anilines is 1. The summed E-state index contributed by atoms with van der Waals surface area (Å²) in [5.74, 6) is 0.949. The lowest BCUT2D eigenvalue weighted by Gasteiger charge is -2.10. The van der Waals surface area contributed by atoms with Crippen LogP contribution in [0.2, 0.25) is 0 Å². The van der Waals surface area contributed by atoms with E-state index in [1.54, 1.807) is 33.3 Å². The quantitative estimate of drug-likeness (QED) is 0.228. The summed E-state index contributed by atoms with van der Waals surface area (Å²) >= 11 is 4.70. The van der Waals surface area contributed by atoms with E-state index in [1.807, 2.05) is 42.6 Å². The third kappa shape index (κ3) is 6.43. The summed E-state index contributed by atoms with van der Waals surface area (Å²) in [5, 5.41) is 5.05. The number of hydrogen-bond acceptors (Lipinski definition) is 7. The fourth-order valence-corrected chi connectivity index (χ4v) is 4.91. The summed E-state index contributed by atoms with van der Waals surface area (Å²) in [6, 6.07) is 11.0. The molecule has 35 heavy (non-hydrogen) atoms. The van der Waals surface area contributed by atoms with Crippen molar-refractivity contribution in [2.75, 3.05) is 32.8 Å². The SMILES string of the molecule is CCOC(=O)c1c(-c2ccc(OCC)cc2)csc1NC(=O)/C=C/c1cc(Br)c(OC)c(OC)c1. The molecule has 0 saturated carbocycles. The van der Waals surface area contributed by atoms with E-state index in [-0.39, 0.29) is 12.5 Å². The Morgan fingerprint density at radius 3 is 2.43 bits per heavy atom. The van der Waals surface area contributed by atoms with Gasteiger partial charge >= 0.3 is 5.97 Å². The molecule has 0 saturated heterocycles. The van der Waals surface area contributed by atoms with Gasteiger partial charge in [-0.1, -0.05) is 12.1 Å². The number of thiophene rings is 1. The van der Waals surface area contributed by atoms with Gasteiger partial charge in [0.05, 0.1) is 31.9 Å². The fourth-order valence-electron chi connectivity index (χ4n) is 3.33. The number of carbonyl (C=O) groups excluding carboxylic acids is 2. The molecule has 3 aromatic rings. The van der Waals surface area contributed by atoms with Crippen molar-refractivity contribution < 1.29 is 28.5 Å². The molecule has 1 heterocycles. The lowest BCUT2D eigenvalue weighted by atomic mass is 10.0. The highest BCUT2D eigenvalue weighted by Gasteiger charge is 2.22. The van der Waals surface area contributed by atoms with Crippen molar-refractivity contribution in [2.24, 2.45) is 0 Å². The van der Waals surface area contributed by atoms with E-state index in [0.29, 0.717) is 38.7 Å². The Morgan fingerprint density at radius 1 is 1.06 bits per heavy atom. The van der Waals surface area contributed by atoms with Crippen LogP contribution in [-0.4, -0.2) is 39.3 Å². The van der Waals surface area contributed by atoms with Crippen LogP contribution in [0.15, 0.2) is 52.3 Å². The second-order valence-electron chi connectivity index (χ2n) is 7.09. The van der Waals surface area contributed by atoms with E-state index >= 15 is 0 Å². The van der Waals surface area contributed by atoms with Gasteiger partial charge in [0.1, 0.15) is 16.3 Å². The summed E-state index contributed by atoms with van der Waals surface area (Å²) < 4.78 is 22.1. The van der Waals surface area contributed by atoms with Crippen molar-refractivity contribution in [1.29, 1.82) is 0 Å². The Kier molecular flexibility index (Phi) is 9.33. The van der Waals surface area contributed by atoms with Gasteiger partial charge in [0.25, 0.3) is 0 Å². The summed E-state index contributed by atoms with van der Waals surface area (Å²) in [6.07, 6.45) is 3.03. The first kappa shape index (κ1) is 26.3. The molecule has 9 heteroatoms. The summed E-state index contributed by atoms with van der Waals surface area (Å²) in [6.45, 7) is 4.44. The van der Waals surface area contributed by atoms with Crippen LogP contribution in [0, 0.1) is 0 Å². The minimum absolute atomic E-state index is 0.221. The molecule has 7 nitrogen and oxygen atoms in total. The third-order valence-electron chi connectivity index (χ3n) is 4.87. The second kappa shape index (κ2) is 12.4. The molecular weight excluding hydrogens is 534 g/mol.